The summed E-state index contributed by atoms with van der Waals surface area (Å²) in [6.07, 6.45) is 2.08. The van der Waals surface area contributed by atoms with Crippen molar-refractivity contribution in [1.82, 2.24) is 10.2 Å². The summed E-state index contributed by atoms with van der Waals surface area (Å²) in [6, 6.07) is 17.1. The molecule has 170 valence electrons. The second-order valence-electron chi connectivity index (χ2n) is 8.51. The molecule has 3 rings (SSSR count). The summed E-state index contributed by atoms with van der Waals surface area (Å²) < 4.78 is 0. The van der Waals surface area contributed by atoms with Gasteiger partial charge in [0.2, 0.25) is 5.91 Å². The summed E-state index contributed by atoms with van der Waals surface area (Å²) in [5, 5.41) is 14.9. The van der Waals surface area contributed by atoms with E-state index in [4.69, 9.17) is 0 Å². The van der Waals surface area contributed by atoms with Gasteiger partial charge >= 0.3 is 12.0 Å². The summed E-state index contributed by atoms with van der Waals surface area (Å²) >= 11 is 0. The molecule has 7 nitrogen and oxygen atoms in total. The molecule has 7 heteroatoms. The Balaban J connectivity index is 1.62. The van der Waals surface area contributed by atoms with Gasteiger partial charge in [0.25, 0.3) is 0 Å². The number of carboxylic acids is 1. The second-order valence-corrected chi connectivity index (χ2v) is 8.51. The van der Waals surface area contributed by atoms with Gasteiger partial charge in [0.1, 0.15) is 5.54 Å². The number of rotatable bonds is 7. The molecule has 0 aromatic heterocycles. The fraction of sp³-hybridized carbons (Fsp3) is 0.400. The van der Waals surface area contributed by atoms with E-state index in [0.29, 0.717) is 38.0 Å². The normalized spacial score (nSPS) is 16.1. The van der Waals surface area contributed by atoms with Gasteiger partial charge in [0.05, 0.1) is 5.92 Å². The molecule has 32 heavy (non-hydrogen) atoms. The zero-order valence-electron chi connectivity index (χ0n) is 18.6. The minimum absolute atomic E-state index is 0.169. The van der Waals surface area contributed by atoms with E-state index in [1.807, 2.05) is 61.5 Å². The molecule has 0 radical (unpaired) electrons. The van der Waals surface area contributed by atoms with E-state index in [0.717, 1.165) is 17.5 Å². The van der Waals surface area contributed by atoms with E-state index in [1.54, 1.807) is 11.8 Å². The minimum atomic E-state index is -1.06. The average molecular weight is 438 g/mol. The Kier molecular flexibility index (Phi) is 7.51. The second kappa shape index (κ2) is 10.3. The fourth-order valence-electron chi connectivity index (χ4n) is 4.19. The van der Waals surface area contributed by atoms with Crippen LogP contribution >= 0.6 is 0 Å². The quantitative estimate of drug-likeness (QED) is 0.599. The van der Waals surface area contributed by atoms with Gasteiger partial charge in [-0.3, -0.25) is 9.59 Å². The van der Waals surface area contributed by atoms with Gasteiger partial charge in [-0.25, -0.2) is 4.79 Å². The lowest BCUT2D eigenvalue weighted by Gasteiger charge is -2.38. The summed E-state index contributed by atoms with van der Waals surface area (Å²) in [6.45, 7) is 4.48. The maximum atomic E-state index is 13.2. The Bertz CT molecular complexity index is 937. The molecule has 3 amide bonds. The highest BCUT2D eigenvalue weighted by Gasteiger charge is 2.39. The molecule has 1 atom stereocenters. The van der Waals surface area contributed by atoms with Crippen molar-refractivity contribution in [3.63, 3.8) is 0 Å². The number of nitrogens with zero attached hydrogens (tertiary/aromatic N) is 1. The van der Waals surface area contributed by atoms with Crippen molar-refractivity contribution in [3.8, 4) is 11.1 Å². The number of carboxylic acid groups (broad SMARTS) is 1. The number of amides is 3. The maximum Gasteiger partial charge on any atom is 0.320 e. The van der Waals surface area contributed by atoms with Crippen molar-refractivity contribution in [2.45, 2.75) is 45.1 Å². The number of carbonyl (C=O) groups excluding carboxylic acids is 2. The smallest absolute Gasteiger partial charge is 0.320 e. The van der Waals surface area contributed by atoms with Crippen molar-refractivity contribution < 1.29 is 19.5 Å². The largest absolute Gasteiger partial charge is 0.481 e. The van der Waals surface area contributed by atoms with Crippen LogP contribution in [-0.4, -0.2) is 46.5 Å². The van der Waals surface area contributed by atoms with E-state index in [-0.39, 0.29) is 5.91 Å². The van der Waals surface area contributed by atoms with Gasteiger partial charge in [-0.2, -0.15) is 0 Å². The minimum Gasteiger partial charge on any atom is -0.481 e. The molecule has 0 spiro atoms. The Morgan fingerprint density at radius 1 is 1.00 bits per heavy atom. The van der Waals surface area contributed by atoms with Gasteiger partial charge in [-0.15, -0.1) is 0 Å². The monoisotopic (exact) mass is 437 g/mol. The van der Waals surface area contributed by atoms with Crippen molar-refractivity contribution in [3.05, 3.63) is 54.6 Å². The molecule has 0 bridgehead atoms. The molecule has 2 aromatic rings. The lowest BCUT2D eigenvalue weighted by atomic mass is 9.91. The molecular formula is C25H31N3O4. The topological polar surface area (TPSA) is 98.7 Å². The highest BCUT2D eigenvalue weighted by Crippen LogP contribution is 2.24. The molecule has 1 aliphatic rings. The summed E-state index contributed by atoms with van der Waals surface area (Å²) in [5.41, 5.74) is 1.72. The molecule has 2 aromatic carbocycles. The Labute approximate surface area is 188 Å². The molecule has 1 heterocycles. The molecular weight excluding hydrogens is 406 g/mol. The number of anilines is 1. The van der Waals surface area contributed by atoms with Crippen molar-refractivity contribution in [2.75, 3.05) is 18.4 Å². The molecule has 1 aliphatic heterocycles. The van der Waals surface area contributed by atoms with Crippen LogP contribution in [0.4, 0.5) is 10.5 Å². The fourth-order valence-corrected chi connectivity index (χ4v) is 4.19. The molecule has 3 N–H and O–H groups in total. The highest BCUT2D eigenvalue weighted by molar-refractivity contribution is 5.96. The summed E-state index contributed by atoms with van der Waals surface area (Å²) in [5.74, 6) is -1.39. The standard InChI is InChI=1S/C25H31N3O4/c1-3-15-25(2,23(31)28-16-13-20(14-17-28)22(29)30)27-24(32)26-21-11-9-19(10-12-21)18-7-5-4-6-8-18/h4-12,20H,3,13-17H2,1-2H3,(H,29,30)(H2,26,27,32). The van der Waals surface area contributed by atoms with Crippen LogP contribution in [0.15, 0.2) is 54.6 Å². The van der Waals surface area contributed by atoms with Crippen LogP contribution in [0.5, 0.6) is 0 Å². The van der Waals surface area contributed by atoms with E-state index in [1.165, 1.54) is 0 Å². The number of urea groups is 1. The third-order valence-electron chi connectivity index (χ3n) is 5.99. The number of likely N-dealkylation sites (tertiary alicyclic amines) is 1. The number of benzene rings is 2. The molecule has 1 fully saturated rings. The van der Waals surface area contributed by atoms with Gasteiger partial charge in [0.15, 0.2) is 0 Å². The Morgan fingerprint density at radius 2 is 1.59 bits per heavy atom. The molecule has 1 saturated heterocycles. The number of piperidine rings is 1. The first-order valence-electron chi connectivity index (χ1n) is 11.1. The van der Waals surface area contributed by atoms with Crippen LogP contribution in [0.3, 0.4) is 0 Å². The van der Waals surface area contributed by atoms with Gasteiger partial charge in [-0.05, 0) is 49.4 Å². The average Bonchev–Trinajstić information content (AvgIpc) is 2.79. The lowest BCUT2D eigenvalue weighted by molar-refractivity contribution is -0.147. The third-order valence-corrected chi connectivity index (χ3v) is 5.99. The van der Waals surface area contributed by atoms with Gasteiger partial charge < -0.3 is 20.6 Å². The van der Waals surface area contributed by atoms with Crippen LogP contribution in [0, 0.1) is 5.92 Å². The number of nitrogens with one attached hydrogen (secondary N) is 2. The zero-order valence-corrected chi connectivity index (χ0v) is 18.6. The number of hydrogen-bond acceptors (Lipinski definition) is 3. The SMILES string of the molecule is CCCC(C)(NC(=O)Nc1ccc(-c2ccccc2)cc1)C(=O)N1CCC(C(=O)O)CC1. The van der Waals surface area contributed by atoms with E-state index in [9.17, 15) is 19.5 Å². The van der Waals surface area contributed by atoms with E-state index < -0.39 is 23.5 Å². The van der Waals surface area contributed by atoms with E-state index in [2.05, 4.69) is 10.6 Å². The summed E-state index contributed by atoms with van der Waals surface area (Å²) in [7, 11) is 0. The number of aliphatic carboxylic acids is 1. The van der Waals surface area contributed by atoms with Crippen LogP contribution in [-0.2, 0) is 9.59 Å². The first kappa shape index (κ1) is 23.3. The number of carbonyl (C=O) groups is 3. The Hall–Kier alpha value is -3.35. The van der Waals surface area contributed by atoms with Crippen molar-refractivity contribution in [1.29, 1.82) is 0 Å². The lowest BCUT2D eigenvalue weighted by Crippen LogP contribution is -2.59. The maximum absolute atomic E-state index is 13.2. The van der Waals surface area contributed by atoms with Crippen molar-refractivity contribution in [2.24, 2.45) is 5.92 Å². The van der Waals surface area contributed by atoms with Crippen LogP contribution in [0.1, 0.15) is 39.5 Å². The first-order valence-corrected chi connectivity index (χ1v) is 11.1. The predicted molar refractivity (Wildman–Crippen MR) is 124 cm³/mol. The number of hydrogen-bond donors (Lipinski definition) is 3. The van der Waals surface area contributed by atoms with Crippen molar-refractivity contribution >= 4 is 23.6 Å². The molecule has 0 saturated carbocycles. The third kappa shape index (κ3) is 5.66. The molecule has 1 unspecified atom stereocenters. The molecule has 0 aliphatic carbocycles. The van der Waals surface area contributed by atoms with Gasteiger partial charge in [-0.1, -0.05) is 55.8 Å². The predicted octanol–water partition coefficient (Wildman–Crippen LogP) is 4.36. The summed E-state index contributed by atoms with van der Waals surface area (Å²) in [4.78, 5) is 38.8. The van der Waals surface area contributed by atoms with Crippen LogP contribution < -0.4 is 10.6 Å². The highest BCUT2D eigenvalue weighted by atomic mass is 16.4. The van der Waals surface area contributed by atoms with Gasteiger partial charge in [0, 0.05) is 18.8 Å². The Morgan fingerprint density at radius 3 is 2.16 bits per heavy atom. The van der Waals surface area contributed by atoms with Crippen LogP contribution in [0.2, 0.25) is 0 Å². The first-order chi connectivity index (χ1) is 15.3. The van der Waals surface area contributed by atoms with Crippen LogP contribution in [0.25, 0.3) is 11.1 Å². The zero-order chi connectivity index (χ0) is 23.1. The van der Waals surface area contributed by atoms with E-state index >= 15 is 0 Å².